The number of ether oxygens (including phenoxy) is 1. The number of rotatable bonds is 4. The molecule has 0 aliphatic carbocycles. The first-order valence-corrected chi connectivity index (χ1v) is 6.66. The summed E-state index contributed by atoms with van der Waals surface area (Å²) >= 11 is 5.82. The molecular weight excluding hydrogens is 238 g/mol. The monoisotopic (exact) mass is 257 g/mol. The molecule has 1 fully saturated rings. The van der Waals surface area contributed by atoms with E-state index >= 15 is 0 Å². The minimum atomic E-state index is 0.164. The topological polar surface area (TPSA) is 30.3 Å². The molecule has 1 aromatic rings. The van der Waals surface area contributed by atoms with Gasteiger partial charge >= 0.3 is 0 Å². The van der Waals surface area contributed by atoms with E-state index in [1.165, 1.54) is 0 Å². The Morgan fingerprint density at radius 2 is 2.41 bits per heavy atom. The number of hydrogen-bond acceptors (Lipinski definition) is 3. The van der Waals surface area contributed by atoms with Gasteiger partial charge in [-0.25, -0.2) is 0 Å². The first-order chi connectivity index (χ1) is 8.19. The molecule has 1 aliphatic heterocycles. The third-order valence-electron chi connectivity index (χ3n) is 2.97. The van der Waals surface area contributed by atoms with Gasteiger partial charge in [-0.15, -0.1) is 11.6 Å². The van der Waals surface area contributed by atoms with Gasteiger partial charge in [-0.05, 0) is 19.9 Å². The molecule has 0 bridgehead atoms. The Labute approximate surface area is 107 Å². The van der Waals surface area contributed by atoms with Crippen LogP contribution in [0.1, 0.15) is 25.6 Å². The van der Waals surface area contributed by atoms with Crippen molar-refractivity contribution in [2.24, 2.45) is 0 Å². The molecule has 2 heterocycles. The third-order valence-corrected chi connectivity index (χ3v) is 3.32. The number of alkyl halides is 1. The molecule has 4 nitrogen and oxygen atoms in total. The van der Waals surface area contributed by atoms with Gasteiger partial charge in [-0.3, -0.25) is 9.58 Å². The summed E-state index contributed by atoms with van der Waals surface area (Å²) in [6.07, 6.45) is 2.21. The number of morpholine rings is 1. The lowest BCUT2D eigenvalue weighted by molar-refractivity contribution is -0.0198. The molecule has 5 heteroatoms. The van der Waals surface area contributed by atoms with Crippen LogP contribution >= 0.6 is 11.6 Å². The van der Waals surface area contributed by atoms with Crippen molar-refractivity contribution < 1.29 is 4.74 Å². The number of halogens is 1. The maximum Gasteiger partial charge on any atom is 0.0837 e. The number of hydrogen-bond donors (Lipinski definition) is 0. The summed E-state index contributed by atoms with van der Waals surface area (Å²) < 4.78 is 7.53. The molecule has 0 aromatic carbocycles. The van der Waals surface area contributed by atoms with Gasteiger partial charge in [0.05, 0.1) is 18.4 Å². The predicted octanol–water partition coefficient (Wildman–Crippen LogP) is 1.90. The fourth-order valence-corrected chi connectivity index (χ4v) is 2.18. The summed E-state index contributed by atoms with van der Waals surface area (Å²) in [7, 11) is 0. The SMILES string of the molecule is CC(C)n1ccc(CN2CCOC(CCl)C2)n1. The fourth-order valence-electron chi connectivity index (χ4n) is 2.00. The summed E-state index contributed by atoms with van der Waals surface area (Å²) in [5.41, 5.74) is 1.12. The van der Waals surface area contributed by atoms with E-state index < -0.39 is 0 Å². The van der Waals surface area contributed by atoms with E-state index in [4.69, 9.17) is 16.3 Å². The molecule has 1 aliphatic rings. The van der Waals surface area contributed by atoms with Crippen LogP contribution in [0.2, 0.25) is 0 Å². The minimum Gasteiger partial charge on any atom is -0.374 e. The molecule has 1 aromatic heterocycles. The van der Waals surface area contributed by atoms with E-state index in [-0.39, 0.29) is 6.10 Å². The van der Waals surface area contributed by atoms with Gasteiger partial charge in [0.2, 0.25) is 0 Å². The normalized spacial score (nSPS) is 22.2. The van der Waals surface area contributed by atoms with Gasteiger partial charge in [-0.2, -0.15) is 5.10 Å². The Bertz CT molecular complexity index is 353. The van der Waals surface area contributed by atoms with Crippen LogP contribution in [0.5, 0.6) is 0 Å². The Balaban J connectivity index is 1.91. The van der Waals surface area contributed by atoms with E-state index in [2.05, 4.69) is 29.9 Å². The Kier molecular flexibility index (Phi) is 4.42. The van der Waals surface area contributed by atoms with Crippen LogP contribution in [0.25, 0.3) is 0 Å². The average molecular weight is 258 g/mol. The lowest BCUT2D eigenvalue weighted by atomic mass is 10.3. The van der Waals surface area contributed by atoms with Crippen molar-refractivity contribution in [2.45, 2.75) is 32.5 Å². The van der Waals surface area contributed by atoms with E-state index in [9.17, 15) is 0 Å². The molecule has 0 N–H and O–H groups in total. The second-order valence-electron chi connectivity index (χ2n) is 4.76. The van der Waals surface area contributed by atoms with Crippen molar-refractivity contribution in [3.63, 3.8) is 0 Å². The second-order valence-corrected chi connectivity index (χ2v) is 5.07. The first-order valence-electron chi connectivity index (χ1n) is 6.13. The minimum absolute atomic E-state index is 0.164. The molecule has 96 valence electrons. The quantitative estimate of drug-likeness (QED) is 0.772. The van der Waals surface area contributed by atoms with Crippen LogP contribution in [0.15, 0.2) is 12.3 Å². The van der Waals surface area contributed by atoms with Gasteiger partial charge in [0.15, 0.2) is 0 Å². The van der Waals surface area contributed by atoms with Crippen molar-refractivity contribution in [1.82, 2.24) is 14.7 Å². The molecule has 2 rings (SSSR count). The van der Waals surface area contributed by atoms with Crippen molar-refractivity contribution >= 4 is 11.6 Å². The van der Waals surface area contributed by atoms with E-state index in [1.807, 2.05) is 10.9 Å². The predicted molar refractivity (Wildman–Crippen MR) is 68.3 cm³/mol. The van der Waals surface area contributed by atoms with Crippen molar-refractivity contribution in [3.8, 4) is 0 Å². The van der Waals surface area contributed by atoms with Crippen LogP contribution in [0, 0.1) is 0 Å². The molecule has 0 radical (unpaired) electrons. The lowest BCUT2D eigenvalue weighted by Gasteiger charge is -2.31. The molecule has 0 spiro atoms. The third kappa shape index (κ3) is 3.44. The summed E-state index contributed by atoms with van der Waals surface area (Å²) in [4.78, 5) is 2.35. The smallest absolute Gasteiger partial charge is 0.0837 e. The highest BCUT2D eigenvalue weighted by atomic mass is 35.5. The van der Waals surface area contributed by atoms with E-state index in [1.54, 1.807) is 0 Å². The summed E-state index contributed by atoms with van der Waals surface area (Å²) in [6.45, 7) is 7.78. The second kappa shape index (κ2) is 5.85. The zero-order valence-electron chi connectivity index (χ0n) is 10.5. The zero-order valence-corrected chi connectivity index (χ0v) is 11.2. The molecule has 0 amide bonds. The summed E-state index contributed by atoms with van der Waals surface area (Å²) in [6, 6.07) is 2.51. The highest BCUT2D eigenvalue weighted by Crippen LogP contribution is 2.11. The maximum atomic E-state index is 5.82. The van der Waals surface area contributed by atoms with Crippen LogP contribution in [0.4, 0.5) is 0 Å². The molecular formula is C12H20ClN3O. The van der Waals surface area contributed by atoms with Crippen molar-refractivity contribution in [1.29, 1.82) is 0 Å². The summed E-state index contributed by atoms with van der Waals surface area (Å²) in [5, 5.41) is 4.56. The van der Waals surface area contributed by atoms with Gasteiger partial charge < -0.3 is 4.74 Å². The Morgan fingerprint density at radius 3 is 3.06 bits per heavy atom. The molecule has 1 unspecified atom stereocenters. The number of nitrogens with zero attached hydrogens (tertiary/aromatic N) is 3. The standard InChI is InChI=1S/C12H20ClN3O/c1-10(2)16-4-3-11(14-16)8-15-5-6-17-12(7-13)9-15/h3-4,10,12H,5-9H2,1-2H3. The molecule has 17 heavy (non-hydrogen) atoms. The molecule has 0 saturated carbocycles. The lowest BCUT2D eigenvalue weighted by Crippen LogP contribution is -2.42. The molecule has 1 atom stereocenters. The van der Waals surface area contributed by atoms with Crippen LogP contribution in [-0.2, 0) is 11.3 Å². The van der Waals surface area contributed by atoms with E-state index in [0.29, 0.717) is 11.9 Å². The fraction of sp³-hybridized carbons (Fsp3) is 0.750. The first kappa shape index (κ1) is 12.9. The van der Waals surface area contributed by atoms with Crippen LogP contribution in [0.3, 0.4) is 0 Å². The molecule has 1 saturated heterocycles. The van der Waals surface area contributed by atoms with Gasteiger partial charge in [-0.1, -0.05) is 0 Å². The van der Waals surface area contributed by atoms with Crippen LogP contribution < -0.4 is 0 Å². The number of aromatic nitrogens is 2. The zero-order chi connectivity index (χ0) is 12.3. The highest BCUT2D eigenvalue weighted by Gasteiger charge is 2.20. The van der Waals surface area contributed by atoms with E-state index in [0.717, 1.165) is 31.9 Å². The average Bonchev–Trinajstić information content (AvgIpc) is 2.78. The summed E-state index contributed by atoms with van der Waals surface area (Å²) in [5.74, 6) is 0.566. The Morgan fingerprint density at radius 1 is 1.59 bits per heavy atom. The van der Waals surface area contributed by atoms with Gasteiger partial charge in [0.25, 0.3) is 0 Å². The van der Waals surface area contributed by atoms with Gasteiger partial charge in [0, 0.05) is 37.8 Å². The van der Waals surface area contributed by atoms with Crippen molar-refractivity contribution in [3.05, 3.63) is 18.0 Å². The van der Waals surface area contributed by atoms with Crippen LogP contribution in [-0.4, -0.2) is 46.4 Å². The Hall–Kier alpha value is -0.580. The van der Waals surface area contributed by atoms with Gasteiger partial charge in [0.1, 0.15) is 0 Å². The maximum absolute atomic E-state index is 5.82. The van der Waals surface area contributed by atoms with Crippen molar-refractivity contribution in [2.75, 3.05) is 25.6 Å². The highest BCUT2D eigenvalue weighted by molar-refractivity contribution is 6.18. The largest absolute Gasteiger partial charge is 0.374 e.